The number of nitrogens with one attached hydrogen (secondary N) is 1. The number of hydrogen-bond acceptors (Lipinski definition) is 3. The fourth-order valence-corrected chi connectivity index (χ4v) is 267. The van der Waals surface area contributed by atoms with Gasteiger partial charge in [-0.1, -0.05) is 60.7 Å². The molecule has 0 aliphatic carbocycles. The maximum Gasteiger partial charge on any atom is 0.0384 e. The van der Waals surface area contributed by atoms with Gasteiger partial charge in [-0.2, -0.15) is 0 Å². The van der Waals surface area contributed by atoms with Crippen LogP contribution < -0.4 is 5.32 Å². The highest BCUT2D eigenvalue weighted by molar-refractivity contribution is 8.87. The Bertz CT molecular complexity index is 8760. The van der Waals surface area contributed by atoms with E-state index in [4.69, 9.17) is 22.4 Å². The second-order valence-electron chi connectivity index (χ2n) is 11.1. The Morgan fingerprint density at radius 3 is 0.336 bits per heavy atom. The molecule has 3 aromatic rings. The molecule has 3 aromatic carbocycles. The van der Waals surface area contributed by atoms with E-state index in [-0.39, 0.29) is 0 Å². The summed E-state index contributed by atoms with van der Waals surface area (Å²) in [4.78, 5) is 0. The fraction of sp³-hybridized carbons (Fsp3) is 0. The predicted octanol–water partition coefficient (Wildman–Crippen LogP) is 4.86. The summed E-state index contributed by atoms with van der Waals surface area (Å²) in [7, 11) is 177. The molecule has 0 heterocycles. The lowest BCUT2D eigenvalue weighted by Gasteiger charge is -2.07. The maximum atomic E-state index is 4.83. The van der Waals surface area contributed by atoms with Crippen molar-refractivity contribution >= 4 is 904 Å². The molecule has 0 saturated heterocycles. The standard InChI is InChI=1S/C18H15N.S100/c1-3-7-15(8-4-1)16-11-13-18(14-12-16)19-17-9-5-2-6-10-17;1-3-5-7-9-11-13-15-17-19-21-23-25-27-29-31-33-35-37-39-41-43-45-47-49-51-53-55-57-59-61-63-65-67-69-71-73-75-77-79-81-83-85-87-89-91-93-95-97-99-100-98-96-94-92-90-88-86-84-82-80-78-76-74-72-70-68-66-64-62-60-58-56-54-52-50-48-46-44-42-40-38-36-34-32-30-28-26-24-22-20-18-16-14-12-10-8-6-4-2/h1-14,19H;. The van der Waals surface area contributed by atoms with Crippen LogP contribution in [0.5, 0.6) is 0 Å². The zero-order valence-corrected chi connectivity index (χ0v) is 133. The molecule has 0 aliphatic rings. The van der Waals surface area contributed by atoms with Gasteiger partial charge in [-0.05, 0) is 35.4 Å². The molecule has 1 N–H and O–H groups in total. The number of hydrogen-bond donors (Lipinski definition) is 1. The molecule has 101 heteroatoms. The van der Waals surface area contributed by atoms with Crippen LogP contribution >= 0.6 is 0 Å². The van der Waals surface area contributed by atoms with E-state index in [1.165, 1.54) is 28.9 Å². The van der Waals surface area contributed by atoms with Gasteiger partial charge in [-0.15, -0.1) is 0 Å². The molecule has 0 unspecified atom stereocenters. The summed E-state index contributed by atoms with van der Waals surface area (Å²) in [6, 6.07) is 29.1. The molecule has 692 valence electrons. The molecule has 119 heavy (non-hydrogen) atoms. The molecule has 0 aromatic heterocycles. The lowest BCUT2D eigenvalue weighted by molar-refractivity contribution is 1.54. The van der Waals surface area contributed by atoms with Crippen molar-refractivity contribution in [1.29, 1.82) is 0 Å². The van der Waals surface area contributed by atoms with Crippen molar-refractivity contribution < 1.29 is 0 Å². The quantitative estimate of drug-likeness (QED) is 0.404. The largest absolute Gasteiger partial charge is 0.356 e. The normalized spacial score (nSPS) is 8.24. The van der Waals surface area contributed by atoms with E-state index in [2.05, 4.69) is 66.0 Å². The van der Waals surface area contributed by atoms with Gasteiger partial charge in [0.05, 0.1) is 0 Å². The second kappa shape index (κ2) is 123. The first-order valence-electron chi connectivity index (χ1n) is 22.9. The smallest absolute Gasteiger partial charge is 0.0384 e. The van der Waals surface area contributed by atoms with E-state index in [0.29, 0.717) is 0 Å². The molecule has 0 saturated carbocycles. The third-order valence-electron chi connectivity index (χ3n) is 5.75. The molecule has 3 rings (SSSR count). The van der Waals surface area contributed by atoms with E-state index in [0.717, 1.165) is 11.4 Å². The van der Waals surface area contributed by atoms with E-state index >= 15 is 0 Å². The highest BCUT2D eigenvalue weighted by atomic mass is 33.6. The Labute approximate surface area is 975 Å². The van der Waals surface area contributed by atoms with Gasteiger partial charge in [0.2, 0.25) is 0 Å². The van der Waals surface area contributed by atoms with Crippen LogP contribution in [0.25, 0.3) is 11.1 Å². The first kappa shape index (κ1) is 135. The van der Waals surface area contributed by atoms with Crippen molar-refractivity contribution in [1.82, 2.24) is 0 Å². The van der Waals surface area contributed by atoms with Gasteiger partial charge in [0.25, 0.3) is 0 Å². The van der Waals surface area contributed by atoms with Crippen LogP contribution in [0.15, 0.2) is 84.9 Å². The van der Waals surface area contributed by atoms with Crippen LogP contribution in [-0.4, -0.2) is 0 Å². The number of para-hydroxylation sites is 1. The molecule has 0 aliphatic heterocycles. The number of rotatable bonds is 3. The van der Waals surface area contributed by atoms with Gasteiger partial charge in [-0.25, -0.2) is 0 Å². The van der Waals surface area contributed by atoms with Gasteiger partial charge >= 0.3 is 0 Å². The van der Waals surface area contributed by atoms with Gasteiger partial charge in [0, 0.05) is 904 Å². The molecule has 0 radical (unpaired) electrons. The van der Waals surface area contributed by atoms with Crippen LogP contribution in [0.4, 0.5) is 11.4 Å². The maximum absolute atomic E-state index is 4.83. The van der Waals surface area contributed by atoms with Gasteiger partial charge in [0.15, 0.2) is 0 Å². The highest BCUT2D eigenvalue weighted by Crippen LogP contribution is 2.23. The van der Waals surface area contributed by atoms with Crippen LogP contribution in [0.2, 0.25) is 0 Å². The van der Waals surface area contributed by atoms with E-state index < -0.39 is 0 Å². The van der Waals surface area contributed by atoms with Crippen molar-refractivity contribution in [3.63, 3.8) is 0 Å². The van der Waals surface area contributed by atoms with Crippen LogP contribution in [-0.2, 0) is 893 Å². The molecule has 0 fully saturated rings. The molecule has 0 spiro atoms. The molecular formula is C18H15NS100. The Hall–Kier alpha value is 19.5. The summed E-state index contributed by atoms with van der Waals surface area (Å²) >= 11 is 9.66. The SMILES string of the molecule is S=S=S=S=S=S=S=S=S=S=S=S=S=S=S=S=S=S=S=S=S=S=S=S=S=S=S=S=S=S=S=S=S=S=S=S=S=S=S=S=S=S=S=S=S=S=S=S=S=S=S=S=S=S=S=S=S=S=S=S=S=S=S=S=S=S=S=S=S=S=S=S=S=S=S=S=S=S=S=S=S=S=S=S=S=S=S=S=S=S=S=S=S=S=S=S=S=S=S=S.c1ccc(Nc2ccc(-c3ccccc3)cc2)cc1. The molecule has 1 nitrogen and oxygen atoms in total. The van der Waals surface area contributed by atoms with Crippen LogP contribution in [0.1, 0.15) is 0 Å². The summed E-state index contributed by atoms with van der Waals surface area (Å²) in [5.74, 6) is 0. The third-order valence-corrected chi connectivity index (χ3v) is 221. The third kappa shape index (κ3) is 111. The minimum Gasteiger partial charge on any atom is -0.356 e. The average Bonchev–Trinajstić information content (AvgIpc) is 0.859. The van der Waals surface area contributed by atoms with Crippen molar-refractivity contribution in [3.05, 3.63) is 84.9 Å². The number of anilines is 2. The van der Waals surface area contributed by atoms with Crippen molar-refractivity contribution in [2.24, 2.45) is 0 Å². The van der Waals surface area contributed by atoms with Crippen molar-refractivity contribution in [3.8, 4) is 11.1 Å². The van der Waals surface area contributed by atoms with E-state index in [9.17, 15) is 0 Å². The summed E-state index contributed by atoms with van der Waals surface area (Å²) in [5.41, 5.74) is 4.69. The minimum atomic E-state index is 1.10. The number of benzene rings is 3. The first-order chi connectivity index (χ1) is 59.3. The topological polar surface area (TPSA) is 12.0 Å². The van der Waals surface area contributed by atoms with Crippen LogP contribution in [0, 0.1) is 0 Å². The van der Waals surface area contributed by atoms with Gasteiger partial charge in [0.1, 0.15) is 0 Å². The van der Waals surface area contributed by atoms with E-state index in [1.54, 1.807) is 107 Å². The summed E-state index contributed by atoms with van der Waals surface area (Å²) in [5, 5.41) is 3.38. The molecular weight excluding hydrogens is 3440 g/mol. The fourth-order valence-electron chi connectivity index (χ4n) is 3.15. The van der Waals surface area contributed by atoms with Gasteiger partial charge < -0.3 is 5.32 Å². The Morgan fingerprint density at radius 1 is 0.109 bits per heavy atom. The zero-order chi connectivity index (χ0) is 84.2. The Morgan fingerprint density at radius 2 is 0.210 bits per heavy atom. The van der Waals surface area contributed by atoms with Crippen molar-refractivity contribution in [2.75, 3.05) is 5.32 Å². The second-order valence-corrected chi connectivity index (χ2v) is 184. The first-order valence-corrected chi connectivity index (χ1v) is 155. The summed E-state index contributed by atoms with van der Waals surface area (Å²) < 4.78 is 0. The van der Waals surface area contributed by atoms with Crippen LogP contribution in [0.3, 0.4) is 0 Å². The zero-order valence-electron chi connectivity index (χ0n) is 51.4. The van der Waals surface area contributed by atoms with E-state index in [1.807, 2.05) is 770 Å². The lowest BCUT2D eigenvalue weighted by atomic mass is 10.1. The monoisotopic (exact) mass is 3440 g/mol. The predicted molar refractivity (Wildman–Crippen MR) is 818 cm³/mol. The minimum absolute atomic E-state index is 1.10. The van der Waals surface area contributed by atoms with Gasteiger partial charge in [-0.3, -0.25) is 0 Å². The molecule has 0 atom stereocenters. The lowest BCUT2D eigenvalue weighted by Crippen LogP contribution is -1.89. The summed E-state index contributed by atoms with van der Waals surface area (Å²) in [6.45, 7) is 0. The molecule has 0 bridgehead atoms. The average molecular weight is 3450 g/mol. The summed E-state index contributed by atoms with van der Waals surface area (Å²) in [6.07, 6.45) is 0. The highest BCUT2D eigenvalue weighted by Gasteiger charge is 1.97. The van der Waals surface area contributed by atoms with Crippen molar-refractivity contribution in [2.45, 2.75) is 0 Å². The Kier molecular flexibility index (Phi) is 139. The molecule has 0 amide bonds. The Balaban J connectivity index is 0.00000217.